The van der Waals surface area contributed by atoms with Crippen LogP contribution in [0.3, 0.4) is 0 Å². The molecule has 0 unspecified atom stereocenters. The Kier molecular flexibility index (Phi) is 3.45. The highest BCUT2D eigenvalue weighted by Crippen LogP contribution is 2.32. The molecule has 1 aromatic carbocycles. The molecule has 1 fully saturated rings. The first kappa shape index (κ1) is 11.9. The lowest BCUT2D eigenvalue weighted by Gasteiger charge is -2.08. The van der Waals surface area contributed by atoms with Crippen molar-refractivity contribution in [2.75, 3.05) is 26.3 Å². The SMILES string of the molecule is [O-]c1sc(=[N+]2CCOCC2)sc1-c1ccccc1. The summed E-state index contributed by atoms with van der Waals surface area (Å²) < 4.78 is 8.67. The molecule has 0 atom stereocenters. The Morgan fingerprint density at radius 1 is 1.06 bits per heavy atom. The van der Waals surface area contributed by atoms with Gasteiger partial charge in [0, 0.05) is 4.88 Å². The molecule has 0 N–H and O–H groups in total. The predicted octanol–water partition coefficient (Wildman–Crippen LogP) is 1.35. The van der Waals surface area contributed by atoms with E-state index in [0.29, 0.717) is 0 Å². The van der Waals surface area contributed by atoms with Gasteiger partial charge >= 0.3 is 3.98 Å². The van der Waals surface area contributed by atoms with Crippen LogP contribution in [0.15, 0.2) is 30.3 Å². The van der Waals surface area contributed by atoms with E-state index in [1.807, 2.05) is 30.3 Å². The Morgan fingerprint density at radius 2 is 1.78 bits per heavy atom. The van der Waals surface area contributed by atoms with Crippen molar-refractivity contribution in [3.63, 3.8) is 0 Å². The monoisotopic (exact) mass is 279 g/mol. The van der Waals surface area contributed by atoms with Crippen molar-refractivity contribution in [2.45, 2.75) is 0 Å². The number of rotatable bonds is 1. The average molecular weight is 279 g/mol. The summed E-state index contributed by atoms with van der Waals surface area (Å²) in [5.74, 6) is 0. The lowest BCUT2D eigenvalue weighted by molar-refractivity contribution is -0.260. The van der Waals surface area contributed by atoms with Crippen LogP contribution < -0.4 is 13.7 Å². The average Bonchev–Trinajstić information content (AvgIpc) is 2.83. The molecule has 0 bridgehead atoms. The molecule has 0 saturated carbocycles. The molecule has 18 heavy (non-hydrogen) atoms. The van der Waals surface area contributed by atoms with Gasteiger partial charge in [0.25, 0.3) is 0 Å². The number of morpholine rings is 1. The molecule has 1 aliphatic rings. The van der Waals surface area contributed by atoms with Gasteiger partial charge in [-0.05, 0) is 10.6 Å². The van der Waals surface area contributed by atoms with Crippen LogP contribution in [0.2, 0.25) is 0 Å². The smallest absolute Gasteiger partial charge is 0.314 e. The van der Waals surface area contributed by atoms with Crippen LogP contribution >= 0.6 is 22.7 Å². The summed E-state index contributed by atoms with van der Waals surface area (Å²) in [6, 6.07) is 9.88. The van der Waals surface area contributed by atoms with Gasteiger partial charge in [0.15, 0.2) is 13.1 Å². The van der Waals surface area contributed by atoms with Crippen LogP contribution in [0.1, 0.15) is 0 Å². The van der Waals surface area contributed by atoms with E-state index in [1.54, 1.807) is 11.3 Å². The van der Waals surface area contributed by atoms with E-state index in [1.165, 1.54) is 11.3 Å². The molecule has 0 amide bonds. The van der Waals surface area contributed by atoms with Crippen molar-refractivity contribution in [1.29, 1.82) is 0 Å². The zero-order valence-electron chi connectivity index (χ0n) is 9.80. The summed E-state index contributed by atoms with van der Waals surface area (Å²) in [5, 5.41) is 12.2. The van der Waals surface area contributed by atoms with Gasteiger partial charge in [0.1, 0.15) is 13.2 Å². The van der Waals surface area contributed by atoms with E-state index >= 15 is 0 Å². The third-order valence-electron chi connectivity index (χ3n) is 2.86. The first-order chi connectivity index (χ1) is 8.84. The molecular weight excluding hydrogens is 266 g/mol. The van der Waals surface area contributed by atoms with Crippen LogP contribution in [-0.4, -0.2) is 26.3 Å². The second kappa shape index (κ2) is 5.22. The van der Waals surface area contributed by atoms with Gasteiger partial charge in [-0.1, -0.05) is 53.0 Å². The van der Waals surface area contributed by atoms with E-state index in [4.69, 9.17) is 4.74 Å². The number of hydrogen-bond donors (Lipinski definition) is 0. The predicted molar refractivity (Wildman–Crippen MR) is 72.9 cm³/mol. The molecule has 0 spiro atoms. The van der Waals surface area contributed by atoms with Crippen LogP contribution in [-0.2, 0) is 4.74 Å². The Labute approximate surface area is 113 Å². The highest BCUT2D eigenvalue weighted by Gasteiger charge is 2.15. The minimum atomic E-state index is 0.160. The highest BCUT2D eigenvalue weighted by atomic mass is 32.2. The Balaban J connectivity index is 2.06. The molecule has 5 heteroatoms. The summed E-state index contributed by atoms with van der Waals surface area (Å²) in [6.45, 7) is 3.26. The normalized spacial score (nSPS) is 15.9. The molecule has 0 aliphatic carbocycles. The molecule has 3 nitrogen and oxygen atoms in total. The van der Waals surface area contributed by atoms with E-state index in [0.717, 1.165) is 40.7 Å². The van der Waals surface area contributed by atoms with Crippen molar-refractivity contribution in [3.8, 4) is 15.5 Å². The van der Waals surface area contributed by atoms with Crippen molar-refractivity contribution in [3.05, 3.63) is 34.3 Å². The zero-order valence-corrected chi connectivity index (χ0v) is 11.4. The van der Waals surface area contributed by atoms with Crippen molar-refractivity contribution in [1.82, 2.24) is 4.58 Å². The topological polar surface area (TPSA) is 35.3 Å². The van der Waals surface area contributed by atoms with E-state index in [-0.39, 0.29) is 5.06 Å². The molecule has 94 valence electrons. The molecule has 1 saturated heterocycles. The molecular formula is C13H13NO2S2. The van der Waals surface area contributed by atoms with Crippen LogP contribution in [0, 0.1) is 0 Å². The Bertz CT molecular complexity index is 593. The maximum atomic E-state index is 12.1. The Morgan fingerprint density at radius 3 is 2.50 bits per heavy atom. The fourth-order valence-corrected chi connectivity index (χ4v) is 4.31. The third-order valence-corrected chi connectivity index (χ3v) is 5.37. The van der Waals surface area contributed by atoms with Gasteiger partial charge in [-0.15, -0.1) is 0 Å². The first-order valence-electron chi connectivity index (χ1n) is 5.86. The van der Waals surface area contributed by atoms with Gasteiger partial charge in [0.05, 0.1) is 0 Å². The third kappa shape index (κ3) is 2.34. The van der Waals surface area contributed by atoms with Gasteiger partial charge in [-0.2, -0.15) is 0 Å². The first-order valence-corrected chi connectivity index (χ1v) is 7.50. The van der Waals surface area contributed by atoms with Crippen molar-refractivity contribution < 1.29 is 9.84 Å². The van der Waals surface area contributed by atoms with Crippen LogP contribution in [0.4, 0.5) is 0 Å². The van der Waals surface area contributed by atoms with Gasteiger partial charge in [-0.3, -0.25) is 0 Å². The highest BCUT2D eigenvalue weighted by molar-refractivity contribution is 7.30. The fourth-order valence-electron chi connectivity index (χ4n) is 1.92. The number of ether oxygens (including phenoxy) is 1. The van der Waals surface area contributed by atoms with Gasteiger partial charge in [-0.25, -0.2) is 4.58 Å². The summed E-state index contributed by atoms with van der Waals surface area (Å²) in [6.07, 6.45) is 0. The Hall–Kier alpha value is -1.17. The summed E-state index contributed by atoms with van der Waals surface area (Å²) in [5.41, 5.74) is 1.02. The van der Waals surface area contributed by atoms with E-state index in [2.05, 4.69) is 4.58 Å². The fraction of sp³-hybridized carbons (Fsp3) is 0.308. The van der Waals surface area contributed by atoms with Crippen LogP contribution in [0.25, 0.3) is 10.4 Å². The quantitative estimate of drug-likeness (QED) is 0.739. The molecule has 2 aromatic rings. The van der Waals surface area contributed by atoms with E-state index in [9.17, 15) is 5.11 Å². The molecule has 0 radical (unpaired) electrons. The van der Waals surface area contributed by atoms with Gasteiger partial charge in [0.2, 0.25) is 0 Å². The van der Waals surface area contributed by atoms with Crippen molar-refractivity contribution in [2.24, 2.45) is 0 Å². The minimum absolute atomic E-state index is 0.160. The molecule has 1 aliphatic heterocycles. The lowest BCUT2D eigenvalue weighted by Crippen LogP contribution is -2.37. The molecule has 3 rings (SSSR count). The maximum Gasteiger partial charge on any atom is 0.314 e. The maximum absolute atomic E-state index is 12.1. The molecule has 2 heterocycles. The largest absolute Gasteiger partial charge is 0.864 e. The van der Waals surface area contributed by atoms with E-state index < -0.39 is 0 Å². The number of hydrogen-bond acceptors (Lipinski definition) is 4. The summed E-state index contributed by atoms with van der Waals surface area (Å²) in [7, 11) is 0. The van der Waals surface area contributed by atoms with Crippen LogP contribution in [0.5, 0.6) is 5.06 Å². The summed E-state index contributed by atoms with van der Waals surface area (Å²) in [4.78, 5) is 0.849. The standard InChI is InChI=1S/C13H13NO2S2/c15-12-11(10-4-2-1-3-5-10)17-13(18-12)14-6-8-16-9-7-14/h1-5H,6-9H2. The minimum Gasteiger partial charge on any atom is -0.864 e. The second-order valence-corrected chi connectivity index (χ2v) is 6.27. The lowest BCUT2D eigenvalue weighted by atomic mass is 10.2. The van der Waals surface area contributed by atoms with Crippen molar-refractivity contribution >= 4 is 22.7 Å². The second-order valence-electron chi connectivity index (χ2n) is 4.05. The van der Waals surface area contributed by atoms with Gasteiger partial charge < -0.3 is 9.84 Å². The number of benzene rings is 1. The summed E-state index contributed by atoms with van der Waals surface area (Å²) >= 11 is 2.94. The zero-order chi connectivity index (χ0) is 12.4. The number of nitrogens with zero attached hydrogens (tertiary/aromatic N) is 1. The molecule has 1 aromatic heterocycles.